The molecule has 6 heteroatoms. The van der Waals surface area contributed by atoms with Crippen LogP contribution in [-0.4, -0.2) is 43.0 Å². The van der Waals surface area contributed by atoms with Gasteiger partial charge in [-0.1, -0.05) is 24.3 Å². The van der Waals surface area contributed by atoms with E-state index in [0.29, 0.717) is 37.4 Å². The number of hydrogen-bond acceptors (Lipinski definition) is 5. The average Bonchev–Trinajstić information content (AvgIpc) is 3.39. The summed E-state index contributed by atoms with van der Waals surface area (Å²) in [7, 11) is 0. The Morgan fingerprint density at radius 2 is 1.96 bits per heavy atom. The molecule has 0 unspecified atom stereocenters. The van der Waals surface area contributed by atoms with Gasteiger partial charge in [-0.2, -0.15) is 0 Å². The number of amides is 2. The normalized spacial score (nSPS) is 16.6. The van der Waals surface area contributed by atoms with Gasteiger partial charge in [-0.05, 0) is 42.8 Å². The number of para-hydroxylation sites is 1. The second-order valence-corrected chi connectivity index (χ2v) is 7.49. The van der Waals surface area contributed by atoms with E-state index in [1.54, 1.807) is 0 Å². The molecule has 2 aromatic rings. The number of thiophene rings is 1. The van der Waals surface area contributed by atoms with Gasteiger partial charge in [-0.15, -0.1) is 11.3 Å². The maximum atomic E-state index is 13.3. The summed E-state index contributed by atoms with van der Waals surface area (Å²) in [6.07, 6.45) is 1.52. The van der Waals surface area contributed by atoms with Crippen molar-refractivity contribution in [1.82, 2.24) is 4.90 Å². The molecule has 0 atom stereocenters. The molecule has 0 radical (unpaired) electrons. The maximum absolute atomic E-state index is 13.3. The van der Waals surface area contributed by atoms with Crippen molar-refractivity contribution in [3.63, 3.8) is 0 Å². The summed E-state index contributed by atoms with van der Waals surface area (Å²) < 4.78 is 5.36. The summed E-state index contributed by atoms with van der Waals surface area (Å²) in [6, 6.07) is 11.9. The molecule has 0 fully saturated rings. The lowest BCUT2D eigenvalue weighted by Crippen LogP contribution is -2.36. The van der Waals surface area contributed by atoms with Gasteiger partial charge in [-0.25, -0.2) is 0 Å². The fourth-order valence-electron chi connectivity index (χ4n) is 3.70. The number of nitrogens with zero attached hydrogens (tertiary/aromatic N) is 2. The Morgan fingerprint density at radius 3 is 2.74 bits per heavy atom. The molecule has 0 aliphatic carbocycles. The smallest absolute Gasteiger partial charge is 0.278 e. The van der Waals surface area contributed by atoms with E-state index in [4.69, 9.17) is 4.74 Å². The molecule has 2 aliphatic heterocycles. The molecule has 2 amide bonds. The van der Waals surface area contributed by atoms with Crippen molar-refractivity contribution in [2.45, 2.75) is 19.8 Å². The zero-order chi connectivity index (χ0) is 18.8. The molecule has 0 saturated carbocycles. The Hall–Kier alpha value is -2.44. The fourth-order valence-corrected chi connectivity index (χ4v) is 4.46. The number of hydrogen-bond donors (Lipinski definition) is 0. The fraction of sp³-hybridized carbons (Fsp3) is 0.333. The van der Waals surface area contributed by atoms with Crippen LogP contribution in [0, 0.1) is 0 Å². The number of benzene rings is 1. The Morgan fingerprint density at radius 1 is 1.11 bits per heavy atom. The number of fused-ring (bicyclic) bond motifs is 1. The maximum Gasteiger partial charge on any atom is 0.278 e. The molecule has 0 N–H and O–H groups in total. The first-order valence-electron chi connectivity index (χ1n) is 9.30. The van der Waals surface area contributed by atoms with E-state index in [2.05, 4.69) is 6.07 Å². The second kappa shape index (κ2) is 7.66. The highest BCUT2D eigenvalue weighted by Crippen LogP contribution is 2.39. The van der Waals surface area contributed by atoms with Gasteiger partial charge in [0.25, 0.3) is 11.8 Å². The molecule has 4 rings (SSSR count). The number of anilines is 1. The minimum absolute atomic E-state index is 0.196. The SMILES string of the molecule is CCOCCCN1C(=O)C(c2cccs2)=C(N2CCc3ccccc32)C1=O. The minimum atomic E-state index is -0.198. The Bertz CT molecular complexity index is 889. The quantitative estimate of drug-likeness (QED) is 0.545. The van der Waals surface area contributed by atoms with E-state index < -0.39 is 0 Å². The van der Waals surface area contributed by atoms with Crippen LogP contribution in [0.2, 0.25) is 0 Å². The van der Waals surface area contributed by atoms with Crippen molar-refractivity contribution >= 4 is 34.4 Å². The van der Waals surface area contributed by atoms with Crippen molar-refractivity contribution in [3.8, 4) is 0 Å². The van der Waals surface area contributed by atoms with Gasteiger partial charge in [0.1, 0.15) is 5.70 Å². The number of imide groups is 1. The number of rotatable bonds is 7. The minimum Gasteiger partial charge on any atom is -0.382 e. The molecule has 3 heterocycles. The summed E-state index contributed by atoms with van der Waals surface area (Å²) in [4.78, 5) is 30.6. The van der Waals surface area contributed by atoms with Crippen LogP contribution in [0.3, 0.4) is 0 Å². The lowest BCUT2D eigenvalue weighted by Gasteiger charge is -2.21. The molecule has 1 aromatic carbocycles. The van der Waals surface area contributed by atoms with Crippen LogP contribution >= 0.6 is 11.3 Å². The second-order valence-electron chi connectivity index (χ2n) is 6.54. The third kappa shape index (κ3) is 3.19. The van der Waals surface area contributed by atoms with Gasteiger partial charge in [0.2, 0.25) is 0 Å². The summed E-state index contributed by atoms with van der Waals surface area (Å²) in [6.45, 7) is 4.21. The van der Waals surface area contributed by atoms with Gasteiger partial charge < -0.3 is 9.64 Å². The van der Waals surface area contributed by atoms with E-state index in [0.717, 1.165) is 23.5 Å². The van der Waals surface area contributed by atoms with Gasteiger partial charge in [0, 0.05) is 36.9 Å². The van der Waals surface area contributed by atoms with Crippen LogP contribution in [0.1, 0.15) is 23.8 Å². The van der Waals surface area contributed by atoms with E-state index in [1.165, 1.54) is 21.8 Å². The van der Waals surface area contributed by atoms with E-state index in [1.807, 2.05) is 47.5 Å². The largest absolute Gasteiger partial charge is 0.382 e. The topological polar surface area (TPSA) is 49.9 Å². The highest BCUT2D eigenvalue weighted by molar-refractivity contribution is 7.11. The van der Waals surface area contributed by atoms with Crippen LogP contribution in [0.4, 0.5) is 5.69 Å². The van der Waals surface area contributed by atoms with Crippen LogP contribution in [0.15, 0.2) is 47.5 Å². The molecule has 0 spiro atoms. The third-order valence-corrected chi connectivity index (χ3v) is 5.83. The first-order valence-corrected chi connectivity index (χ1v) is 10.2. The molecule has 5 nitrogen and oxygen atoms in total. The number of carbonyl (C=O) groups is 2. The summed E-state index contributed by atoms with van der Waals surface area (Å²) >= 11 is 1.49. The molecule has 1 aromatic heterocycles. The van der Waals surface area contributed by atoms with Crippen molar-refractivity contribution in [1.29, 1.82) is 0 Å². The predicted octanol–water partition coefficient (Wildman–Crippen LogP) is 3.32. The zero-order valence-corrected chi connectivity index (χ0v) is 16.1. The standard InChI is InChI=1S/C21H22N2O3S/c1-2-26-13-6-11-23-20(24)18(17-9-5-14-27-17)19(21(23)25)22-12-10-15-7-3-4-8-16(15)22/h3-5,7-9,14H,2,6,10-13H2,1H3. The monoisotopic (exact) mass is 382 g/mol. The van der Waals surface area contributed by atoms with Gasteiger partial charge in [0.05, 0.1) is 5.57 Å². The van der Waals surface area contributed by atoms with E-state index in [-0.39, 0.29) is 11.8 Å². The summed E-state index contributed by atoms with van der Waals surface area (Å²) in [5.74, 6) is -0.394. The van der Waals surface area contributed by atoms with Crippen molar-refractivity contribution < 1.29 is 14.3 Å². The molecule has 2 aliphatic rings. The highest BCUT2D eigenvalue weighted by Gasteiger charge is 2.43. The number of ether oxygens (including phenoxy) is 1. The van der Waals surface area contributed by atoms with Crippen LogP contribution < -0.4 is 4.90 Å². The van der Waals surface area contributed by atoms with Gasteiger partial charge in [-0.3, -0.25) is 14.5 Å². The molecule has 27 heavy (non-hydrogen) atoms. The molecular formula is C21H22N2O3S. The van der Waals surface area contributed by atoms with Crippen molar-refractivity contribution in [3.05, 3.63) is 57.9 Å². The third-order valence-electron chi connectivity index (χ3n) is 4.94. The van der Waals surface area contributed by atoms with E-state index >= 15 is 0 Å². The van der Waals surface area contributed by atoms with Crippen LogP contribution in [0.25, 0.3) is 5.57 Å². The molecule has 140 valence electrons. The highest BCUT2D eigenvalue weighted by atomic mass is 32.1. The van der Waals surface area contributed by atoms with Crippen molar-refractivity contribution in [2.75, 3.05) is 31.2 Å². The lowest BCUT2D eigenvalue weighted by atomic mass is 10.1. The first kappa shape index (κ1) is 17.9. The van der Waals surface area contributed by atoms with Crippen molar-refractivity contribution in [2.24, 2.45) is 0 Å². The average molecular weight is 382 g/mol. The predicted molar refractivity (Wildman–Crippen MR) is 107 cm³/mol. The Balaban J connectivity index is 1.70. The molecule has 0 saturated heterocycles. The first-order chi connectivity index (χ1) is 13.2. The lowest BCUT2D eigenvalue weighted by molar-refractivity contribution is -0.137. The van der Waals surface area contributed by atoms with E-state index in [9.17, 15) is 9.59 Å². The Labute approximate surface area is 162 Å². The summed E-state index contributed by atoms with van der Waals surface area (Å²) in [5.41, 5.74) is 3.29. The molecular weight excluding hydrogens is 360 g/mol. The number of carbonyl (C=O) groups excluding carboxylic acids is 2. The Kier molecular flexibility index (Phi) is 5.09. The van der Waals surface area contributed by atoms with Gasteiger partial charge in [0.15, 0.2) is 0 Å². The van der Waals surface area contributed by atoms with Crippen LogP contribution in [0.5, 0.6) is 0 Å². The van der Waals surface area contributed by atoms with Crippen LogP contribution in [-0.2, 0) is 20.7 Å². The zero-order valence-electron chi connectivity index (χ0n) is 15.3. The summed E-state index contributed by atoms with van der Waals surface area (Å²) in [5, 5.41) is 1.94. The molecule has 0 bridgehead atoms. The van der Waals surface area contributed by atoms with Gasteiger partial charge >= 0.3 is 0 Å².